The molecule has 1 aromatic carbocycles. The molecule has 0 amide bonds. The summed E-state index contributed by atoms with van der Waals surface area (Å²) >= 11 is 0. The number of nitrogens with zero attached hydrogens (tertiary/aromatic N) is 2. The van der Waals surface area contributed by atoms with Crippen LogP contribution in [0, 0.1) is 5.41 Å². The van der Waals surface area contributed by atoms with E-state index in [0.29, 0.717) is 18.5 Å². The molecule has 1 heterocycles. The Bertz CT molecular complexity index is 737. The molecule has 2 fully saturated rings. The fourth-order valence-electron chi connectivity index (χ4n) is 3.74. The van der Waals surface area contributed by atoms with Crippen LogP contribution in [-0.4, -0.2) is 57.2 Å². The SMILES string of the molecule is CCS(=O)(=O)N1CCC(NC(=NC)NCC2(Cc3ccccc3)CC2)CC1. The number of hydrogen-bond acceptors (Lipinski definition) is 3. The first-order valence-electron chi connectivity index (χ1n) is 9.95. The van der Waals surface area contributed by atoms with E-state index in [2.05, 4.69) is 46.0 Å². The third kappa shape index (κ3) is 5.45. The van der Waals surface area contributed by atoms with Gasteiger partial charge in [-0.2, -0.15) is 0 Å². The van der Waals surface area contributed by atoms with Crippen LogP contribution in [0.3, 0.4) is 0 Å². The molecule has 7 heteroatoms. The molecular formula is C20H32N4O2S. The van der Waals surface area contributed by atoms with Crippen LogP contribution >= 0.6 is 0 Å². The number of sulfonamides is 1. The molecule has 1 aromatic rings. The van der Waals surface area contributed by atoms with Gasteiger partial charge in [0.2, 0.25) is 10.0 Å². The third-order valence-corrected chi connectivity index (χ3v) is 7.67. The fraction of sp³-hybridized carbons (Fsp3) is 0.650. The Balaban J connectivity index is 1.45. The first-order valence-corrected chi connectivity index (χ1v) is 11.6. The molecule has 0 unspecified atom stereocenters. The highest BCUT2D eigenvalue weighted by Gasteiger charge is 2.42. The van der Waals surface area contributed by atoms with Gasteiger partial charge in [-0.3, -0.25) is 4.99 Å². The maximum absolute atomic E-state index is 12.0. The molecular weight excluding hydrogens is 360 g/mol. The summed E-state index contributed by atoms with van der Waals surface area (Å²) in [7, 11) is -1.28. The van der Waals surface area contributed by atoms with E-state index in [4.69, 9.17) is 0 Å². The number of benzene rings is 1. The summed E-state index contributed by atoms with van der Waals surface area (Å²) in [5.74, 6) is 1.00. The van der Waals surface area contributed by atoms with Crippen LogP contribution < -0.4 is 10.6 Å². The topological polar surface area (TPSA) is 73.8 Å². The van der Waals surface area contributed by atoms with Crippen molar-refractivity contribution in [1.82, 2.24) is 14.9 Å². The van der Waals surface area contributed by atoms with Crippen LogP contribution in [0.5, 0.6) is 0 Å². The van der Waals surface area contributed by atoms with Crippen molar-refractivity contribution < 1.29 is 8.42 Å². The Kier molecular flexibility index (Phi) is 6.42. The second kappa shape index (κ2) is 8.61. The average molecular weight is 393 g/mol. The van der Waals surface area contributed by atoms with Gasteiger partial charge in [-0.25, -0.2) is 12.7 Å². The van der Waals surface area contributed by atoms with E-state index in [1.165, 1.54) is 18.4 Å². The molecule has 1 saturated heterocycles. The van der Waals surface area contributed by atoms with E-state index in [9.17, 15) is 8.42 Å². The molecule has 0 spiro atoms. The van der Waals surface area contributed by atoms with Crippen LogP contribution in [0.2, 0.25) is 0 Å². The van der Waals surface area contributed by atoms with Gasteiger partial charge in [0, 0.05) is 32.7 Å². The molecule has 27 heavy (non-hydrogen) atoms. The lowest BCUT2D eigenvalue weighted by Crippen LogP contribution is -2.50. The van der Waals surface area contributed by atoms with Gasteiger partial charge < -0.3 is 10.6 Å². The minimum absolute atomic E-state index is 0.178. The van der Waals surface area contributed by atoms with Crippen LogP contribution in [0.1, 0.15) is 38.2 Å². The normalized spacial score (nSPS) is 21.0. The molecule has 3 rings (SSSR count). The molecule has 2 aliphatic rings. The van der Waals surface area contributed by atoms with Crippen molar-refractivity contribution in [2.45, 2.75) is 45.1 Å². The van der Waals surface area contributed by atoms with Gasteiger partial charge in [-0.1, -0.05) is 30.3 Å². The second-order valence-corrected chi connectivity index (χ2v) is 10.1. The standard InChI is InChI=1S/C20H32N4O2S/c1-3-27(25,26)24-13-9-18(10-14-24)23-19(21-2)22-16-20(11-12-20)15-17-7-5-4-6-8-17/h4-8,18H,3,9-16H2,1-2H3,(H2,21,22,23). The Labute approximate surface area is 163 Å². The molecule has 1 aliphatic carbocycles. The molecule has 0 atom stereocenters. The summed E-state index contributed by atoms with van der Waals surface area (Å²) in [6, 6.07) is 10.9. The summed E-state index contributed by atoms with van der Waals surface area (Å²) in [6.07, 6.45) is 5.23. The monoisotopic (exact) mass is 392 g/mol. The van der Waals surface area contributed by atoms with Crippen molar-refractivity contribution in [1.29, 1.82) is 0 Å². The molecule has 0 aromatic heterocycles. The summed E-state index contributed by atoms with van der Waals surface area (Å²) in [5, 5.41) is 6.98. The molecule has 1 saturated carbocycles. The maximum Gasteiger partial charge on any atom is 0.213 e. The van der Waals surface area contributed by atoms with E-state index in [-0.39, 0.29) is 11.8 Å². The number of piperidine rings is 1. The number of hydrogen-bond donors (Lipinski definition) is 2. The molecule has 6 nitrogen and oxygen atoms in total. The van der Waals surface area contributed by atoms with Gasteiger partial charge >= 0.3 is 0 Å². The molecule has 2 N–H and O–H groups in total. The highest BCUT2D eigenvalue weighted by molar-refractivity contribution is 7.89. The van der Waals surface area contributed by atoms with Gasteiger partial charge in [-0.05, 0) is 50.0 Å². The summed E-state index contributed by atoms with van der Waals surface area (Å²) in [5.41, 5.74) is 1.74. The highest BCUT2D eigenvalue weighted by Crippen LogP contribution is 2.47. The smallest absolute Gasteiger partial charge is 0.213 e. The maximum atomic E-state index is 12.0. The summed E-state index contributed by atoms with van der Waals surface area (Å²) in [6.45, 7) is 3.80. The number of rotatable bonds is 7. The molecule has 1 aliphatic heterocycles. The average Bonchev–Trinajstić information content (AvgIpc) is 3.46. The number of nitrogens with one attached hydrogen (secondary N) is 2. The highest BCUT2D eigenvalue weighted by atomic mass is 32.2. The fourth-order valence-corrected chi connectivity index (χ4v) is 4.87. The largest absolute Gasteiger partial charge is 0.356 e. The van der Waals surface area contributed by atoms with Crippen molar-refractivity contribution >= 4 is 16.0 Å². The zero-order chi connectivity index (χ0) is 19.3. The van der Waals surface area contributed by atoms with Gasteiger partial charge in [0.15, 0.2) is 5.96 Å². The van der Waals surface area contributed by atoms with Gasteiger partial charge in [0.05, 0.1) is 5.75 Å². The van der Waals surface area contributed by atoms with Gasteiger partial charge in [0.1, 0.15) is 0 Å². The van der Waals surface area contributed by atoms with Crippen molar-refractivity contribution in [2.75, 3.05) is 32.4 Å². The Morgan fingerprint density at radius 2 is 1.89 bits per heavy atom. The minimum atomic E-state index is -3.07. The van der Waals surface area contributed by atoms with Gasteiger partial charge in [0.25, 0.3) is 0 Å². The number of guanidine groups is 1. The first-order chi connectivity index (χ1) is 13.0. The summed E-state index contributed by atoms with van der Waals surface area (Å²) < 4.78 is 25.6. The van der Waals surface area contributed by atoms with Crippen molar-refractivity contribution in [3.8, 4) is 0 Å². The first kappa shape index (κ1) is 20.1. The van der Waals surface area contributed by atoms with Crippen molar-refractivity contribution in [3.05, 3.63) is 35.9 Å². The van der Waals surface area contributed by atoms with Crippen molar-refractivity contribution in [2.24, 2.45) is 10.4 Å². The zero-order valence-corrected chi connectivity index (χ0v) is 17.3. The Morgan fingerprint density at radius 3 is 2.44 bits per heavy atom. The van der Waals surface area contributed by atoms with Crippen LogP contribution in [0.25, 0.3) is 0 Å². The molecule has 0 bridgehead atoms. The lowest BCUT2D eigenvalue weighted by molar-refractivity contribution is 0.306. The quantitative estimate of drug-likeness (QED) is 0.550. The van der Waals surface area contributed by atoms with E-state index in [0.717, 1.165) is 31.8 Å². The Morgan fingerprint density at radius 1 is 1.22 bits per heavy atom. The lowest BCUT2D eigenvalue weighted by Gasteiger charge is -2.32. The number of aliphatic imine (C=N–C) groups is 1. The molecule has 0 radical (unpaired) electrons. The predicted molar refractivity (Wildman–Crippen MR) is 110 cm³/mol. The van der Waals surface area contributed by atoms with E-state index in [1.54, 1.807) is 18.3 Å². The van der Waals surface area contributed by atoms with E-state index >= 15 is 0 Å². The van der Waals surface area contributed by atoms with Gasteiger partial charge in [-0.15, -0.1) is 0 Å². The third-order valence-electron chi connectivity index (χ3n) is 5.79. The van der Waals surface area contributed by atoms with Crippen molar-refractivity contribution in [3.63, 3.8) is 0 Å². The molecule has 150 valence electrons. The Hall–Kier alpha value is -1.60. The minimum Gasteiger partial charge on any atom is -0.356 e. The van der Waals surface area contributed by atoms with E-state index < -0.39 is 10.0 Å². The summed E-state index contributed by atoms with van der Waals surface area (Å²) in [4.78, 5) is 4.37. The van der Waals surface area contributed by atoms with E-state index in [1.807, 2.05) is 0 Å². The second-order valence-electron chi connectivity index (χ2n) is 7.81. The van der Waals surface area contributed by atoms with Crippen LogP contribution in [0.15, 0.2) is 35.3 Å². The lowest BCUT2D eigenvalue weighted by atomic mass is 9.96. The van der Waals surface area contributed by atoms with Crippen LogP contribution in [0.4, 0.5) is 0 Å². The zero-order valence-electron chi connectivity index (χ0n) is 16.4. The van der Waals surface area contributed by atoms with Crippen LogP contribution in [-0.2, 0) is 16.4 Å². The predicted octanol–water partition coefficient (Wildman–Crippen LogP) is 1.99.